The van der Waals surface area contributed by atoms with E-state index in [1.807, 2.05) is 54.7 Å². The molecule has 3 aromatic heterocycles. The van der Waals surface area contributed by atoms with Gasteiger partial charge in [0.15, 0.2) is 0 Å². The fraction of sp³-hybridized carbons (Fsp3) is 0.172. The van der Waals surface area contributed by atoms with Gasteiger partial charge < -0.3 is 24.9 Å². The van der Waals surface area contributed by atoms with Crippen LogP contribution in [0.3, 0.4) is 0 Å². The molecule has 0 radical (unpaired) electrons. The van der Waals surface area contributed by atoms with Crippen molar-refractivity contribution in [2.75, 3.05) is 6.54 Å². The fourth-order valence-corrected chi connectivity index (χ4v) is 4.70. The Kier molecular flexibility index (Phi) is 6.29. The zero-order chi connectivity index (χ0) is 26.9. The minimum atomic E-state index is -0.493. The van der Waals surface area contributed by atoms with E-state index in [-0.39, 0.29) is 11.3 Å². The van der Waals surface area contributed by atoms with Gasteiger partial charge in [0.05, 0.1) is 22.7 Å². The third-order valence-electron chi connectivity index (χ3n) is 6.52. The highest BCUT2D eigenvalue weighted by molar-refractivity contribution is 5.98. The van der Waals surface area contributed by atoms with Gasteiger partial charge in [0, 0.05) is 42.1 Å². The molecule has 0 spiro atoms. The lowest BCUT2D eigenvalue weighted by molar-refractivity contribution is -0.142. The average molecular weight is 523 g/mol. The Morgan fingerprint density at radius 2 is 1.92 bits per heavy atom. The largest absolute Gasteiger partial charge is 0.489 e. The highest BCUT2D eigenvalue weighted by Gasteiger charge is 2.17. The summed E-state index contributed by atoms with van der Waals surface area (Å²) in [6.07, 6.45) is 4.27. The van der Waals surface area contributed by atoms with Crippen molar-refractivity contribution in [3.63, 3.8) is 0 Å². The summed E-state index contributed by atoms with van der Waals surface area (Å²) in [6.45, 7) is 2.98. The van der Waals surface area contributed by atoms with Gasteiger partial charge in [-0.2, -0.15) is 0 Å². The third kappa shape index (κ3) is 4.73. The number of hydrogen-bond acceptors (Lipinski definition) is 7. The zero-order valence-corrected chi connectivity index (χ0v) is 21.3. The number of ether oxygens (including phenoxy) is 1. The van der Waals surface area contributed by atoms with E-state index in [1.165, 1.54) is 6.92 Å². The van der Waals surface area contributed by atoms with Crippen molar-refractivity contribution in [1.29, 1.82) is 0 Å². The molecule has 3 heterocycles. The Balaban J connectivity index is 1.44. The molecule has 0 aliphatic heterocycles. The first-order valence-corrected chi connectivity index (χ1v) is 12.6. The van der Waals surface area contributed by atoms with Gasteiger partial charge in [-0.25, -0.2) is 9.78 Å². The molecule has 0 aliphatic carbocycles. The van der Waals surface area contributed by atoms with Gasteiger partial charge in [-0.05, 0) is 42.8 Å². The van der Waals surface area contributed by atoms with Crippen LogP contribution < -0.4 is 20.9 Å². The number of aryl methyl sites for hydroxylation is 1. The van der Waals surface area contributed by atoms with E-state index < -0.39 is 5.97 Å². The van der Waals surface area contributed by atoms with Gasteiger partial charge in [-0.1, -0.05) is 35.2 Å². The Hall–Kier alpha value is -4.96. The monoisotopic (exact) mass is 522 g/mol. The number of carbonyl (C=O) groups excluding carboxylic acids is 1. The van der Waals surface area contributed by atoms with E-state index in [0.717, 1.165) is 33.5 Å². The molecule has 6 rings (SSSR count). The molecule has 0 saturated heterocycles. The molecule has 0 saturated carbocycles. The van der Waals surface area contributed by atoms with Crippen LogP contribution in [0.1, 0.15) is 18.9 Å². The average Bonchev–Trinajstić information content (AvgIpc) is 3.49. The van der Waals surface area contributed by atoms with E-state index >= 15 is 0 Å². The highest BCUT2D eigenvalue weighted by Crippen LogP contribution is 2.32. The summed E-state index contributed by atoms with van der Waals surface area (Å²) in [5.74, 6) is 0.235. The topological polar surface area (TPSA) is 130 Å². The van der Waals surface area contributed by atoms with Gasteiger partial charge in [0.1, 0.15) is 23.6 Å². The molecule has 196 valence electrons. The molecule has 10 nitrogen and oxygen atoms in total. The number of nitrogens with two attached hydrogens (primary N) is 1. The summed E-state index contributed by atoms with van der Waals surface area (Å²) in [4.78, 5) is 38.7. The molecule has 6 aromatic rings. The number of carbonyl (C=O) groups is 1. The van der Waals surface area contributed by atoms with Crippen LogP contribution in [0, 0.1) is 0 Å². The number of fused-ring (bicyclic) bond motifs is 3. The van der Waals surface area contributed by atoms with Crippen LogP contribution in [-0.4, -0.2) is 37.0 Å². The second kappa shape index (κ2) is 10.1. The van der Waals surface area contributed by atoms with Crippen molar-refractivity contribution in [2.45, 2.75) is 26.5 Å². The molecule has 10 heteroatoms. The molecular weight excluding hydrogens is 496 g/mol. The lowest BCUT2D eigenvalue weighted by Crippen LogP contribution is -2.17. The Labute approximate surface area is 222 Å². The smallest absolute Gasteiger partial charge is 0.331 e. The summed E-state index contributed by atoms with van der Waals surface area (Å²) in [6, 6.07) is 19.3. The first-order valence-electron chi connectivity index (χ1n) is 12.6. The standard InChI is InChI=1S/C29H26N6O4/c1-18(36)39-35-26-14-25-24(12-20(26)15-31-35)33-29(37)28(32-25)23-16-34(11-5-10-30)27-13-21(8-9-22(23)27)38-17-19-6-3-2-4-7-19/h2-4,6-9,12-16H,5,10-11,17,30H2,1H3,(H,33,37). The van der Waals surface area contributed by atoms with Crippen LogP contribution in [0.4, 0.5) is 0 Å². The normalized spacial score (nSPS) is 11.4. The number of H-pyrrole nitrogens is 1. The van der Waals surface area contributed by atoms with Crippen molar-refractivity contribution in [3.8, 4) is 17.0 Å². The number of rotatable bonds is 8. The minimum absolute atomic E-state index is 0.287. The van der Waals surface area contributed by atoms with Crippen LogP contribution in [-0.2, 0) is 17.9 Å². The van der Waals surface area contributed by atoms with Gasteiger partial charge in [0.25, 0.3) is 5.56 Å². The van der Waals surface area contributed by atoms with Crippen LogP contribution in [0.25, 0.3) is 44.1 Å². The third-order valence-corrected chi connectivity index (χ3v) is 6.52. The molecule has 0 fully saturated rings. The first-order chi connectivity index (χ1) is 19.0. The van der Waals surface area contributed by atoms with Gasteiger partial charge in [0.2, 0.25) is 0 Å². The van der Waals surface area contributed by atoms with Crippen molar-refractivity contribution < 1.29 is 14.4 Å². The number of aromatic amines is 1. The van der Waals surface area contributed by atoms with Crippen LogP contribution in [0.2, 0.25) is 0 Å². The molecule has 0 atom stereocenters. The molecule has 0 unspecified atom stereocenters. The van der Waals surface area contributed by atoms with Gasteiger partial charge in [-0.15, -0.1) is 5.10 Å². The molecule has 0 aliphatic rings. The van der Waals surface area contributed by atoms with Crippen LogP contribution in [0.5, 0.6) is 5.75 Å². The van der Waals surface area contributed by atoms with Crippen LogP contribution >= 0.6 is 0 Å². The predicted octanol–water partition coefficient (Wildman–Crippen LogP) is 3.80. The lowest BCUT2D eigenvalue weighted by atomic mass is 10.1. The second-order valence-electron chi connectivity index (χ2n) is 9.27. The quantitative estimate of drug-likeness (QED) is 0.311. The van der Waals surface area contributed by atoms with E-state index in [4.69, 9.17) is 20.3 Å². The van der Waals surface area contributed by atoms with Crippen molar-refractivity contribution in [1.82, 2.24) is 24.5 Å². The van der Waals surface area contributed by atoms with E-state index in [1.54, 1.807) is 18.3 Å². The summed E-state index contributed by atoms with van der Waals surface area (Å²) in [5, 5.41) is 5.69. The van der Waals surface area contributed by atoms with Crippen molar-refractivity contribution in [3.05, 3.63) is 89.0 Å². The Bertz CT molecular complexity index is 1890. The summed E-state index contributed by atoms with van der Waals surface area (Å²) in [5.41, 5.74) is 10.1. The van der Waals surface area contributed by atoms with Crippen molar-refractivity contribution in [2.24, 2.45) is 5.73 Å². The lowest BCUT2D eigenvalue weighted by Gasteiger charge is -2.08. The molecule has 39 heavy (non-hydrogen) atoms. The highest BCUT2D eigenvalue weighted by atomic mass is 16.7. The molecule has 0 bridgehead atoms. The molecule has 3 aromatic carbocycles. The number of hydrogen-bond donors (Lipinski definition) is 2. The zero-order valence-electron chi connectivity index (χ0n) is 21.3. The van der Waals surface area contributed by atoms with E-state index in [9.17, 15) is 9.59 Å². The first kappa shape index (κ1) is 24.4. The number of aromatic nitrogens is 5. The maximum atomic E-state index is 13.3. The number of nitrogens with zero attached hydrogens (tertiary/aromatic N) is 4. The van der Waals surface area contributed by atoms with E-state index in [0.29, 0.717) is 47.2 Å². The predicted molar refractivity (Wildman–Crippen MR) is 148 cm³/mol. The molecular formula is C29H26N6O4. The maximum Gasteiger partial charge on any atom is 0.331 e. The number of nitrogens with one attached hydrogen (secondary N) is 1. The minimum Gasteiger partial charge on any atom is -0.489 e. The molecule has 0 amide bonds. The van der Waals surface area contributed by atoms with E-state index in [2.05, 4.69) is 14.6 Å². The Morgan fingerprint density at radius 3 is 2.72 bits per heavy atom. The molecule has 3 N–H and O–H groups in total. The maximum absolute atomic E-state index is 13.3. The summed E-state index contributed by atoms with van der Waals surface area (Å²) >= 11 is 0. The van der Waals surface area contributed by atoms with Gasteiger partial charge >= 0.3 is 5.97 Å². The fourth-order valence-electron chi connectivity index (χ4n) is 4.70. The second-order valence-corrected chi connectivity index (χ2v) is 9.27. The number of benzene rings is 3. The summed E-state index contributed by atoms with van der Waals surface area (Å²) < 4.78 is 8.14. The summed E-state index contributed by atoms with van der Waals surface area (Å²) in [7, 11) is 0. The SMILES string of the molecule is CC(=O)On1ncc2cc3[nH]c(=O)c(-c4cn(CCCN)c5cc(OCc6ccccc6)ccc45)nc3cc21. The Morgan fingerprint density at radius 1 is 1.08 bits per heavy atom. The van der Waals surface area contributed by atoms with Crippen molar-refractivity contribution >= 4 is 38.8 Å². The van der Waals surface area contributed by atoms with Crippen LogP contribution in [0.15, 0.2) is 77.9 Å². The van der Waals surface area contributed by atoms with Gasteiger partial charge in [-0.3, -0.25) is 4.79 Å².